The molecule has 6 nitrogen and oxygen atoms in total. The van der Waals surface area contributed by atoms with Gasteiger partial charge in [-0.1, -0.05) is 13.8 Å². The molecule has 96 valence electrons. The number of rotatable bonds is 5. The van der Waals surface area contributed by atoms with Gasteiger partial charge in [0.1, 0.15) is 5.82 Å². The van der Waals surface area contributed by atoms with Gasteiger partial charge in [-0.15, -0.1) is 5.10 Å². The summed E-state index contributed by atoms with van der Waals surface area (Å²) in [6.07, 6.45) is 1.60. The Kier molecular flexibility index (Phi) is 4.80. The Morgan fingerprint density at radius 1 is 1.47 bits per heavy atom. The first-order valence-electron chi connectivity index (χ1n) is 5.43. The molecule has 7 heteroatoms. The maximum Gasteiger partial charge on any atom is 0.291 e. The van der Waals surface area contributed by atoms with E-state index in [1.54, 1.807) is 13.2 Å². The second kappa shape index (κ2) is 5.90. The van der Waals surface area contributed by atoms with Crippen molar-refractivity contribution in [2.45, 2.75) is 32.7 Å². The summed E-state index contributed by atoms with van der Waals surface area (Å²) in [6.45, 7) is 5.73. The summed E-state index contributed by atoms with van der Waals surface area (Å²) < 4.78 is 11.0. The van der Waals surface area contributed by atoms with E-state index < -0.39 is 10.8 Å². The molecule has 0 aromatic carbocycles. The van der Waals surface area contributed by atoms with Crippen LogP contribution in [0.2, 0.25) is 0 Å². The molecule has 0 spiro atoms. The summed E-state index contributed by atoms with van der Waals surface area (Å²) in [5.74, 6) is 1.09. The number of carbonyl (C=O) groups is 1. The summed E-state index contributed by atoms with van der Waals surface area (Å²) in [5, 5.41) is 9.27. The molecule has 2 atom stereocenters. The van der Waals surface area contributed by atoms with Crippen molar-refractivity contribution >= 4 is 16.7 Å². The number of carbonyl (C=O) groups excluding carboxylic acids is 1. The quantitative estimate of drug-likeness (QED) is 0.801. The number of amides is 1. The van der Waals surface area contributed by atoms with Crippen molar-refractivity contribution < 1.29 is 9.00 Å². The van der Waals surface area contributed by atoms with E-state index in [-0.39, 0.29) is 23.7 Å². The molecule has 1 aromatic rings. The summed E-state index contributed by atoms with van der Waals surface area (Å²) in [6, 6.07) is -0.158. The molecule has 0 aliphatic carbocycles. The third-order valence-electron chi connectivity index (χ3n) is 2.11. The Hall–Kier alpha value is -1.24. The monoisotopic (exact) mass is 258 g/mol. The molecule has 0 saturated carbocycles. The van der Waals surface area contributed by atoms with E-state index in [0.717, 1.165) is 0 Å². The fourth-order valence-corrected chi connectivity index (χ4v) is 2.10. The van der Waals surface area contributed by atoms with Crippen LogP contribution in [-0.2, 0) is 10.8 Å². The molecule has 1 aromatic heterocycles. The van der Waals surface area contributed by atoms with Gasteiger partial charge in [-0.25, -0.2) is 4.98 Å². The lowest BCUT2D eigenvalue weighted by Crippen LogP contribution is -2.36. The number of hydrogen-bond donors (Lipinski definition) is 2. The van der Waals surface area contributed by atoms with Gasteiger partial charge in [-0.3, -0.25) is 14.1 Å². The van der Waals surface area contributed by atoms with Gasteiger partial charge >= 0.3 is 0 Å². The lowest BCUT2D eigenvalue weighted by Gasteiger charge is -2.10. The number of aromatic nitrogens is 3. The minimum Gasteiger partial charge on any atom is -0.346 e. The molecule has 17 heavy (non-hydrogen) atoms. The minimum atomic E-state index is -0.934. The Labute approximate surface area is 103 Å². The molecule has 1 heterocycles. The highest BCUT2D eigenvalue weighted by Gasteiger charge is 2.16. The molecule has 2 unspecified atom stereocenters. The normalized spacial score (nSPS) is 14.6. The van der Waals surface area contributed by atoms with Gasteiger partial charge in [-0.05, 0) is 6.92 Å². The fourth-order valence-electron chi connectivity index (χ4n) is 1.32. The van der Waals surface area contributed by atoms with Gasteiger partial charge in [-0.2, -0.15) is 0 Å². The highest BCUT2D eigenvalue weighted by molar-refractivity contribution is 7.84. The molecule has 0 bridgehead atoms. The minimum absolute atomic E-state index is 0.127. The largest absolute Gasteiger partial charge is 0.346 e. The van der Waals surface area contributed by atoms with Crippen LogP contribution >= 0.6 is 0 Å². The van der Waals surface area contributed by atoms with Crippen LogP contribution in [0.25, 0.3) is 0 Å². The number of aromatic amines is 1. The van der Waals surface area contributed by atoms with Crippen LogP contribution in [-0.4, -0.2) is 43.3 Å². The van der Waals surface area contributed by atoms with E-state index in [2.05, 4.69) is 20.5 Å². The summed E-state index contributed by atoms with van der Waals surface area (Å²) in [5.41, 5.74) is 0. The Balaban J connectivity index is 2.60. The highest BCUT2D eigenvalue weighted by Crippen LogP contribution is 2.07. The number of hydrogen-bond acceptors (Lipinski definition) is 4. The number of nitrogens with one attached hydrogen (secondary N) is 2. The molecule has 0 fully saturated rings. The lowest BCUT2D eigenvalue weighted by atomic mass is 10.2. The third kappa shape index (κ3) is 4.26. The van der Waals surface area contributed by atoms with Crippen molar-refractivity contribution in [2.75, 3.05) is 12.0 Å². The topological polar surface area (TPSA) is 87.7 Å². The first-order valence-corrected chi connectivity index (χ1v) is 7.16. The second-order valence-corrected chi connectivity index (χ2v) is 5.79. The average Bonchev–Trinajstić information content (AvgIpc) is 2.64. The average molecular weight is 258 g/mol. The van der Waals surface area contributed by atoms with Crippen LogP contribution < -0.4 is 5.32 Å². The van der Waals surface area contributed by atoms with Crippen molar-refractivity contribution in [1.82, 2.24) is 20.5 Å². The summed E-state index contributed by atoms with van der Waals surface area (Å²) in [7, 11) is -0.934. The smallest absolute Gasteiger partial charge is 0.291 e. The predicted octanol–water partition coefficient (Wildman–Crippen LogP) is 0.425. The molecule has 1 amide bonds. The zero-order valence-electron chi connectivity index (χ0n) is 10.5. The molecule has 0 aliphatic heterocycles. The van der Waals surface area contributed by atoms with Gasteiger partial charge < -0.3 is 5.32 Å². The summed E-state index contributed by atoms with van der Waals surface area (Å²) >= 11 is 0. The van der Waals surface area contributed by atoms with Gasteiger partial charge in [0.25, 0.3) is 5.91 Å². The molecular weight excluding hydrogens is 240 g/mol. The number of nitrogens with zero attached hydrogens (tertiary/aromatic N) is 2. The molecular formula is C10H18N4O2S. The van der Waals surface area contributed by atoms with Crippen LogP contribution in [0.1, 0.15) is 43.1 Å². The van der Waals surface area contributed by atoms with Crippen LogP contribution in [0, 0.1) is 0 Å². The van der Waals surface area contributed by atoms with E-state index in [4.69, 9.17) is 0 Å². The Morgan fingerprint density at radius 3 is 2.59 bits per heavy atom. The zero-order chi connectivity index (χ0) is 13.0. The fraction of sp³-hybridized carbons (Fsp3) is 0.700. The molecule has 0 saturated heterocycles. The Morgan fingerprint density at radius 2 is 2.12 bits per heavy atom. The van der Waals surface area contributed by atoms with Crippen molar-refractivity contribution in [3.05, 3.63) is 11.6 Å². The van der Waals surface area contributed by atoms with Gasteiger partial charge in [0.05, 0.1) is 0 Å². The zero-order valence-corrected chi connectivity index (χ0v) is 11.3. The van der Waals surface area contributed by atoms with Crippen LogP contribution in [0.4, 0.5) is 0 Å². The summed E-state index contributed by atoms with van der Waals surface area (Å²) in [4.78, 5) is 15.8. The molecule has 0 radical (unpaired) electrons. The third-order valence-corrected chi connectivity index (χ3v) is 3.08. The van der Waals surface area contributed by atoms with Crippen LogP contribution in [0.3, 0.4) is 0 Å². The van der Waals surface area contributed by atoms with E-state index >= 15 is 0 Å². The van der Waals surface area contributed by atoms with E-state index in [1.807, 2.05) is 13.8 Å². The van der Waals surface area contributed by atoms with E-state index in [1.165, 1.54) is 0 Å². The van der Waals surface area contributed by atoms with Gasteiger partial charge in [0.15, 0.2) is 0 Å². The maximum atomic E-state index is 11.7. The highest BCUT2D eigenvalue weighted by atomic mass is 32.2. The first kappa shape index (κ1) is 13.8. The molecule has 0 aliphatic rings. The second-order valence-electron chi connectivity index (χ2n) is 4.31. The predicted molar refractivity (Wildman–Crippen MR) is 66.3 cm³/mol. The molecule has 1 rings (SSSR count). The van der Waals surface area contributed by atoms with Crippen molar-refractivity contribution in [1.29, 1.82) is 0 Å². The SMILES string of the molecule is CC(CS(C)=O)NC(=O)c1n[nH]c(C(C)C)n1. The van der Waals surface area contributed by atoms with Crippen molar-refractivity contribution in [3.63, 3.8) is 0 Å². The van der Waals surface area contributed by atoms with Crippen molar-refractivity contribution in [3.8, 4) is 0 Å². The van der Waals surface area contributed by atoms with Crippen LogP contribution in [0.5, 0.6) is 0 Å². The van der Waals surface area contributed by atoms with Crippen molar-refractivity contribution in [2.24, 2.45) is 0 Å². The van der Waals surface area contributed by atoms with Crippen LogP contribution in [0.15, 0.2) is 0 Å². The maximum absolute atomic E-state index is 11.7. The first-order chi connectivity index (χ1) is 7.90. The molecule has 2 N–H and O–H groups in total. The van der Waals surface area contributed by atoms with Gasteiger partial charge in [0.2, 0.25) is 5.82 Å². The standard InChI is InChI=1S/C10H18N4O2S/c1-6(2)8-12-9(14-13-8)10(15)11-7(3)5-17(4)16/h6-7H,5H2,1-4H3,(H,11,15)(H,12,13,14). The van der Waals surface area contributed by atoms with Gasteiger partial charge in [0, 0.05) is 34.8 Å². The van der Waals surface area contributed by atoms with E-state index in [0.29, 0.717) is 11.6 Å². The van der Waals surface area contributed by atoms with E-state index in [9.17, 15) is 9.00 Å². The Bertz CT molecular complexity index is 416. The lowest BCUT2D eigenvalue weighted by molar-refractivity contribution is 0.0933. The number of H-pyrrole nitrogens is 1.